The highest BCUT2D eigenvalue weighted by atomic mass is 79.9. The third-order valence-electron chi connectivity index (χ3n) is 6.86. The number of nitrogens with zero attached hydrogens (tertiary/aromatic N) is 1. The third kappa shape index (κ3) is 5.91. The Bertz CT molecular complexity index is 1460. The first kappa shape index (κ1) is 26.3. The number of nitrogens with one attached hydrogen (secondary N) is 1. The molecule has 0 aliphatic heterocycles. The first-order chi connectivity index (χ1) is 19.0. The molecule has 2 amide bonds. The van der Waals surface area contributed by atoms with Crippen molar-refractivity contribution in [2.45, 2.75) is 12.8 Å². The van der Waals surface area contributed by atoms with Crippen LogP contribution in [0, 0.1) is 11.8 Å². The van der Waals surface area contributed by atoms with Crippen LogP contribution in [0.4, 0.5) is 17.1 Å². The number of amides is 2. The van der Waals surface area contributed by atoms with Gasteiger partial charge in [-0.2, -0.15) is 0 Å². The molecule has 0 bridgehead atoms. The Labute approximate surface area is 236 Å². The van der Waals surface area contributed by atoms with Crippen LogP contribution in [0.3, 0.4) is 0 Å². The Kier molecular flexibility index (Phi) is 8.13. The van der Waals surface area contributed by atoms with E-state index in [1.807, 2.05) is 78.9 Å². The number of para-hydroxylation sites is 2. The number of allylic oxidation sites excluding steroid dienone is 2. The van der Waals surface area contributed by atoms with E-state index in [9.17, 15) is 14.4 Å². The predicted molar refractivity (Wildman–Crippen MR) is 158 cm³/mol. The van der Waals surface area contributed by atoms with Gasteiger partial charge in [0.05, 0.1) is 17.5 Å². The molecule has 2 atom stereocenters. The fourth-order valence-electron chi connectivity index (χ4n) is 4.88. The summed E-state index contributed by atoms with van der Waals surface area (Å²) in [7, 11) is 0. The minimum Gasteiger partial charge on any atom is -0.325 e. The molecule has 1 aliphatic carbocycles. The molecule has 1 N–H and O–H groups in total. The van der Waals surface area contributed by atoms with E-state index in [4.69, 9.17) is 0 Å². The molecule has 5 nitrogen and oxygen atoms in total. The van der Waals surface area contributed by atoms with Gasteiger partial charge in [0.2, 0.25) is 11.8 Å². The SMILES string of the molecule is O=C(c1ccccc1)c1cc(Br)ccc1NC(=O)C1CC=CCC1C(=O)N(c1ccccc1)c1ccccc1. The van der Waals surface area contributed by atoms with Crippen LogP contribution in [0.25, 0.3) is 0 Å². The quantitative estimate of drug-likeness (QED) is 0.182. The second-order valence-electron chi connectivity index (χ2n) is 9.37. The first-order valence-electron chi connectivity index (χ1n) is 12.8. The van der Waals surface area contributed by atoms with Crippen LogP contribution in [0.5, 0.6) is 0 Å². The monoisotopic (exact) mass is 578 g/mol. The van der Waals surface area contributed by atoms with Gasteiger partial charge in [0.25, 0.3) is 0 Å². The minimum atomic E-state index is -0.597. The fourth-order valence-corrected chi connectivity index (χ4v) is 5.25. The van der Waals surface area contributed by atoms with E-state index in [0.29, 0.717) is 29.7 Å². The second-order valence-corrected chi connectivity index (χ2v) is 10.3. The van der Waals surface area contributed by atoms with Crippen LogP contribution >= 0.6 is 15.9 Å². The van der Waals surface area contributed by atoms with Crippen LogP contribution in [-0.4, -0.2) is 17.6 Å². The van der Waals surface area contributed by atoms with Crippen LogP contribution in [0.2, 0.25) is 0 Å². The molecule has 2 unspecified atom stereocenters. The molecular weight excluding hydrogens is 552 g/mol. The predicted octanol–water partition coefficient (Wildman–Crippen LogP) is 7.57. The van der Waals surface area contributed by atoms with Crippen LogP contribution in [-0.2, 0) is 9.59 Å². The average molecular weight is 579 g/mol. The maximum atomic E-state index is 14.1. The van der Waals surface area contributed by atoms with Crippen LogP contribution in [0.15, 0.2) is 126 Å². The summed E-state index contributed by atoms with van der Waals surface area (Å²) < 4.78 is 0.731. The largest absolute Gasteiger partial charge is 0.325 e. The summed E-state index contributed by atoms with van der Waals surface area (Å²) in [5, 5.41) is 2.98. The number of hydrogen-bond donors (Lipinski definition) is 1. The molecule has 5 rings (SSSR count). The highest BCUT2D eigenvalue weighted by molar-refractivity contribution is 9.10. The van der Waals surface area contributed by atoms with E-state index >= 15 is 0 Å². The van der Waals surface area contributed by atoms with Gasteiger partial charge in [0.15, 0.2) is 5.78 Å². The fraction of sp³-hybridized carbons (Fsp3) is 0.121. The van der Waals surface area contributed by atoms with E-state index in [-0.39, 0.29) is 17.6 Å². The lowest BCUT2D eigenvalue weighted by Gasteiger charge is -2.32. The van der Waals surface area contributed by atoms with Gasteiger partial charge in [-0.3, -0.25) is 19.3 Å². The van der Waals surface area contributed by atoms with E-state index in [1.54, 1.807) is 47.4 Å². The normalized spacial score (nSPS) is 16.3. The van der Waals surface area contributed by atoms with Gasteiger partial charge in [-0.05, 0) is 55.3 Å². The van der Waals surface area contributed by atoms with Crippen molar-refractivity contribution in [2.24, 2.45) is 11.8 Å². The number of halogens is 1. The number of carbonyl (C=O) groups is 3. The topological polar surface area (TPSA) is 66.5 Å². The van der Waals surface area contributed by atoms with Gasteiger partial charge in [0, 0.05) is 27.0 Å². The van der Waals surface area contributed by atoms with Gasteiger partial charge in [0.1, 0.15) is 0 Å². The Balaban J connectivity index is 1.44. The molecule has 0 saturated heterocycles. The molecule has 4 aromatic carbocycles. The molecule has 0 saturated carbocycles. The smallest absolute Gasteiger partial charge is 0.235 e. The van der Waals surface area contributed by atoms with Crippen LogP contribution < -0.4 is 10.2 Å². The number of anilines is 3. The molecular formula is C33H27BrN2O3. The van der Waals surface area contributed by atoms with E-state index in [0.717, 1.165) is 15.8 Å². The maximum Gasteiger partial charge on any atom is 0.235 e. The summed E-state index contributed by atoms with van der Waals surface area (Å²) in [5.74, 6) is -1.79. The van der Waals surface area contributed by atoms with E-state index < -0.39 is 11.8 Å². The number of hydrogen-bond acceptors (Lipinski definition) is 3. The van der Waals surface area contributed by atoms with Crippen molar-refractivity contribution in [3.8, 4) is 0 Å². The van der Waals surface area contributed by atoms with E-state index in [2.05, 4.69) is 21.2 Å². The van der Waals surface area contributed by atoms with E-state index in [1.165, 1.54) is 0 Å². The number of rotatable bonds is 7. The highest BCUT2D eigenvalue weighted by Gasteiger charge is 2.37. The third-order valence-corrected chi connectivity index (χ3v) is 7.35. The molecule has 39 heavy (non-hydrogen) atoms. The zero-order valence-corrected chi connectivity index (χ0v) is 22.8. The molecule has 0 heterocycles. The lowest BCUT2D eigenvalue weighted by molar-refractivity contribution is -0.130. The number of benzene rings is 4. The van der Waals surface area contributed by atoms with Crippen molar-refractivity contribution in [1.29, 1.82) is 0 Å². The summed E-state index contributed by atoms with van der Waals surface area (Å²) in [6.45, 7) is 0. The van der Waals surface area contributed by atoms with Crippen LogP contribution in [0.1, 0.15) is 28.8 Å². The zero-order valence-electron chi connectivity index (χ0n) is 21.2. The van der Waals surface area contributed by atoms with Gasteiger partial charge >= 0.3 is 0 Å². The van der Waals surface area contributed by atoms with Crippen molar-refractivity contribution in [3.63, 3.8) is 0 Å². The lowest BCUT2D eigenvalue weighted by Crippen LogP contribution is -2.41. The molecule has 0 fully saturated rings. The summed E-state index contributed by atoms with van der Waals surface area (Å²) in [6, 6.07) is 33.1. The van der Waals surface area contributed by atoms with Crippen molar-refractivity contribution < 1.29 is 14.4 Å². The van der Waals surface area contributed by atoms with Gasteiger partial charge in [-0.1, -0.05) is 94.8 Å². The van der Waals surface area contributed by atoms with Crippen molar-refractivity contribution in [3.05, 3.63) is 137 Å². The molecule has 0 spiro atoms. The first-order valence-corrected chi connectivity index (χ1v) is 13.6. The average Bonchev–Trinajstić information content (AvgIpc) is 2.99. The molecule has 4 aromatic rings. The van der Waals surface area contributed by atoms with Crippen molar-refractivity contribution >= 4 is 50.6 Å². The highest BCUT2D eigenvalue weighted by Crippen LogP contribution is 2.35. The number of carbonyl (C=O) groups excluding carboxylic acids is 3. The maximum absolute atomic E-state index is 14.1. The Morgan fingerprint density at radius 2 is 1.23 bits per heavy atom. The lowest BCUT2D eigenvalue weighted by atomic mass is 9.81. The second kappa shape index (κ2) is 12.0. The molecule has 0 aromatic heterocycles. The molecule has 194 valence electrons. The number of ketones is 1. The summed E-state index contributed by atoms with van der Waals surface area (Å²) >= 11 is 3.44. The van der Waals surface area contributed by atoms with Crippen molar-refractivity contribution in [1.82, 2.24) is 0 Å². The van der Waals surface area contributed by atoms with Gasteiger partial charge in [-0.15, -0.1) is 0 Å². The summed E-state index contributed by atoms with van der Waals surface area (Å²) in [6.07, 6.45) is 4.78. The van der Waals surface area contributed by atoms with Gasteiger partial charge in [-0.25, -0.2) is 0 Å². The zero-order chi connectivity index (χ0) is 27.2. The minimum absolute atomic E-state index is 0.145. The molecule has 1 aliphatic rings. The Morgan fingerprint density at radius 3 is 1.82 bits per heavy atom. The Hall–Kier alpha value is -4.29. The van der Waals surface area contributed by atoms with Gasteiger partial charge < -0.3 is 5.32 Å². The Morgan fingerprint density at radius 1 is 0.692 bits per heavy atom. The summed E-state index contributed by atoms with van der Waals surface area (Å²) in [4.78, 5) is 42.9. The molecule has 6 heteroatoms. The molecule has 0 radical (unpaired) electrons. The van der Waals surface area contributed by atoms with Crippen molar-refractivity contribution in [2.75, 3.05) is 10.2 Å². The summed E-state index contributed by atoms with van der Waals surface area (Å²) in [5.41, 5.74) is 2.81. The standard InChI is InChI=1S/C33H27BrN2O3/c34-24-20-21-30(29(22-24)31(37)23-12-4-1-5-13-23)35-32(38)27-18-10-11-19-28(27)33(39)36(25-14-6-2-7-15-25)26-16-8-3-9-17-26/h1-17,20-22,27-28H,18-19H2,(H,35,38).